The van der Waals surface area contributed by atoms with Crippen molar-refractivity contribution < 1.29 is 14.4 Å². The maximum atomic E-state index is 13.0. The van der Waals surface area contributed by atoms with E-state index in [2.05, 4.69) is 0 Å². The SMILES string of the molecule is CCCC(=O)N(Cc1ccccc1)C1CC(=O)N(c2ccc(Cl)cc2)C1=O. The van der Waals surface area contributed by atoms with Crippen molar-refractivity contribution >= 4 is 35.0 Å². The molecule has 6 heteroatoms. The lowest BCUT2D eigenvalue weighted by Gasteiger charge is -2.28. The van der Waals surface area contributed by atoms with Gasteiger partial charge in [0.2, 0.25) is 11.8 Å². The van der Waals surface area contributed by atoms with Gasteiger partial charge in [0, 0.05) is 18.0 Å². The van der Waals surface area contributed by atoms with Crippen LogP contribution in [0.15, 0.2) is 54.6 Å². The van der Waals surface area contributed by atoms with E-state index in [4.69, 9.17) is 11.6 Å². The Kier molecular flexibility index (Phi) is 5.91. The van der Waals surface area contributed by atoms with Crippen molar-refractivity contribution in [2.75, 3.05) is 4.90 Å². The van der Waals surface area contributed by atoms with Crippen molar-refractivity contribution in [3.05, 3.63) is 65.2 Å². The normalized spacial score (nSPS) is 16.7. The van der Waals surface area contributed by atoms with Crippen LogP contribution < -0.4 is 4.90 Å². The van der Waals surface area contributed by atoms with Gasteiger partial charge >= 0.3 is 0 Å². The number of nitrogens with zero attached hydrogens (tertiary/aromatic N) is 2. The molecule has 27 heavy (non-hydrogen) atoms. The molecule has 1 fully saturated rings. The summed E-state index contributed by atoms with van der Waals surface area (Å²) in [5, 5.41) is 0.526. The maximum absolute atomic E-state index is 13.0. The summed E-state index contributed by atoms with van der Waals surface area (Å²) < 4.78 is 0. The number of amides is 3. The lowest BCUT2D eigenvalue weighted by atomic mass is 10.1. The second kappa shape index (κ2) is 8.35. The van der Waals surface area contributed by atoms with Gasteiger partial charge in [-0.05, 0) is 36.2 Å². The van der Waals surface area contributed by atoms with Gasteiger partial charge in [-0.3, -0.25) is 14.4 Å². The maximum Gasteiger partial charge on any atom is 0.257 e. The summed E-state index contributed by atoms with van der Waals surface area (Å²) in [7, 11) is 0. The number of anilines is 1. The van der Waals surface area contributed by atoms with E-state index in [-0.39, 0.29) is 24.1 Å². The Labute approximate surface area is 163 Å². The van der Waals surface area contributed by atoms with Gasteiger partial charge < -0.3 is 4.90 Å². The summed E-state index contributed by atoms with van der Waals surface area (Å²) in [6.45, 7) is 2.22. The van der Waals surface area contributed by atoms with Crippen LogP contribution in [0.4, 0.5) is 5.69 Å². The number of imide groups is 1. The molecule has 0 spiro atoms. The van der Waals surface area contributed by atoms with Crippen molar-refractivity contribution in [1.29, 1.82) is 0 Å². The number of hydrogen-bond donors (Lipinski definition) is 0. The predicted molar refractivity (Wildman–Crippen MR) is 104 cm³/mol. The molecule has 0 bridgehead atoms. The zero-order chi connectivity index (χ0) is 19.4. The quantitative estimate of drug-likeness (QED) is 0.712. The van der Waals surface area contributed by atoms with Gasteiger partial charge in [0.25, 0.3) is 5.91 Å². The van der Waals surface area contributed by atoms with Gasteiger partial charge in [0.05, 0.1) is 12.1 Å². The highest BCUT2D eigenvalue weighted by atomic mass is 35.5. The largest absolute Gasteiger partial charge is 0.326 e. The molecule has 1 saturated heterocycles. The third-order valence-electron chi connectivity index (χ3n) is 4.56. The summed E-state index contributed by atoms with van der Waals surface area (Å²) in [6, 6.07) is 15.2. The number of halogens is 1. The first-order valence-electron chi connectivity index (χ1n) is 8.97. The van der Waals surface area contributed by atoms with Gasteiger partial charge in [-0.25, -0.2) is 4.90 Å². The topological polar surface area (TPSA) is 57.7 Å². The van der Waals surface area contributed by atoms with Crippen LogP contribution >= 0.6 is 11.6 Å². The van der Waals surface area contributed by atoms with Crippen LogP contribution in [0, 0.1) is 0 Å². The van der Waals surface area contributed by atoms with Crippen LogP contribution in [0.3, 0.4) is 0 Å². The molecule has 1 aliphatic heterocycles. The van der Waals surface area contributed by atoms with Crippen LogP contribution in [0.1, 0.15) is 31.7 Å². The second-order valence-electron chi connectivity index (χ2n) is 6.52. The van der Waals surface area contributed by atoms with Gasteiger partial charge in [0.15, 0.2) is 0 Å². The molecular weight excluding hydrogens is 364 g/mol. The van der Waals surface area contributed by atoms with Crippen LogP contribution in [-0.2, 0) is 20.9 Å². The van der Waals surface area contributed by atoms with E-state index in [0.717, 1.165) is 10.5 Å². The number of benzene rings is 2. The fourth-order valence-corrected chi connectivity index (χ4v) is 3.36. The summed E-state index contributed by atoms with van der Waals surface area (Å²) in [5.74, 6) is -0.803. The Balaban J connectivity index is 1.88. The van der Waals surface area contributed by atoms with E-state index < -0.39 is 6.04 Å². The van der Waals surface area contributed by atoms with Crippen molar-refractivity contribution in [1.82, 2.24) is 4.90 Å². The summed E-state index contributed by atoms with van der Waals surface area (Å²) in [6.07, 6.45) is 1.01. The van der Waals surface area contributed by atoms with E-state index >= 15 is 0 Å². The molecular formula is C21H21ClN2O3. The van der Waals surface area contributed by atoms with Crippen molar-refractivity contribution in [2.24, 2.45) is 0 Å². The van der Waals surface area contributed by atoms with Gasteiger partial charge in [-0.15, -0.1) is 0 Å². The molecule has 0 aromatic heterocycles. The van der Waals surface area contributed by atoms with Crippen molar-refractivity contribution in [3.8, 4) is 0 Å². The summed E-state index contributed by atoms with van der Waals surface area (Å²) >= 11 is 5.90. The highest BCUT2D eigenvalue weighted by Gasteiger charge is 2.44. The minimum atomic E-state index is -0.785. The monoisotopic (exact) mass is 384 g/mol. The lowest BCUT2D eigenvalue weighted by molar-refractivity contribution is -0.139. The first-order valence-corrected chi connectivity index (χ1v) is 9.34. The lowest BCUT2D eigenvalue weighted by Crippen LogP contribution is -2.45. The van der Waals surface area contributed by atoms with Gasteiger partial charge in [-0.1, -0.05) is 48.9 Å². The smallest absolute Gasteiger partial charge is 0.257 e. The third-order valence-corrected chi connectivity index (χ3v) is 4.82. The number of hydrogen-bond acceptors (Lipinski definition) is 3. The molecule has 3 rings (SSSR count). The highest BCUT2D eigenvalue weighted by Crippen LogP contribution is 2.28. The van der Waals surface area contributed by atoms with E-state index in [1.165, 1.54) is 4.90 Å². The molecule has 1 atom stereocenters. The molecule has 5 nitrogen and oxygen atoms in total. The fraction of sp³-hybridized carbons (Fsp3) is 0.286. The van der Waals surface area contributed by atoms with Crippen LogP contribution in [0.5, 0.6) is 0 Å². The van der Waals surface area contributed by atoms with E-state index in [9.17, 15) is 14.4 Å². The van der Waals surface area contributed by atoms with Gasteiger partial charge in [0.1, 0.15) is 6.04 Å². The number of carbonyl (C=O) groups excluding carboxylic acids is 3. The minimum absolute atomic E-state index is 0.0102. The molecule has 1 unspecified atom stereocenters. The van der Waals surface area contributed by atoms with Crippen LogP contribution in [-0.4, -0.2) is 28.7 Å². The zero-order valence-corrected chi connectivity index (χ0v) is 15.9. The Morgan fingerprint density at radius 1 is 1.11 bits per heavy atom. The molecule has 2 aromatic carbocycles. The van der Waals surface area contributed by atoms with Crippen LogP contribution in [0.25, 0.3) is 0 Å². The van der Waals surface area contributed by atoms with E-state index in [0.29, 0.717) is 30.1 Å². The Bertz CT molecular complexity index is 836. The van der Waals surface area contributed by atoms with Gasteiger partial charge in [-0.2, -0.15) is 0 Å². The average molecular weight is 385 g/mol. The average Bonchev–Trinajstić information content (AvgIpc) is 2.96. The molecule has 2 aromatic rings. The number of carbonyl (C=O) groups is 3. The van der Waals surface area contributed by atoms with Crippen LogP contribution in [0.2, 0.25) is 5.02 Å². The zero-order valence-electron chi connectivity index (χ0n) is 15.1. The Morgan fingerprint density at radius 2 is 1.78 bits per heavy atom. The molecule has 0 radical (unpaired) electrons. The first kappa shape index (κ1) is 19.1. The molecule has 1 heterocycles. The first-order chi connectivity index (χ1) is 13.0. The standard InChI is InChI=1S/C21H21ClN2O3/c1-2-6-19(25)23(14-15-7-4-3-5-8-15)18-13-20(26)24(21(18)27)17-11-9-16(22)10-12-17/h3-5,7-12,18H,2,6,13-14H2,1H3. The number of rotatable bonds is 6. The second-order valence-corrected chi connectivity index (χ2v) is 6.96. The van der Waals surface area contributed by atoms with Crippen molar-refractivity contribution in [2.45, 2.75) is 38.8 Å². The predicted octanol–water partition coefficient (Wildman–Crippen LogP) is 3.80. The molecule has 0 saturated carbocycles. The van der Waals surface area contributed by atoms with E-state index in [1.807, 2.05) is 37.3 Å². The molecule has 140 valence electrons. The fourth-order valence-electron chi connectivity index (χ4n) is 3.23. The van der Waals surface area contributed by atoms with E-state index in [1.54, 1.807) is 24.3 Å². The Morgan fingerprint density at radius 3 is 2.41 bits per heavy atom. The molecule has 3 amide bonds. The molecule has 0 N–H and O–H groups in total. The minimum Gasteiger partial charge on any atom is -0.326 e. The molecule has 1 aliphatic rings. The third kappa shape index (κ3) is 4.19. The highest BCUT2D eigenvalue weighted by molar-refractivity contribution is 6.30. The molecule has 0 aliphatic carbocycles. The Hall–Kier alpha value is -2.66. The summed E-state index contributed by atoms with van der Waals surface area (Å²) in [5.41, 5.74) is 1.40. The van der Waals surface area contributed by atoms with Crippen molar-refractivity contribution in [3.63, 3.8) is 0 Å². The summed E-state index contributed by atoms with van der Waals surface area (Å²) in [4.78, 5) is 41.0.